The molecule has 2 aromatic heterocycles. The van der Waals surface area contributed by atoms with Gasteiger partial charge in [0.05, 0.1) is 18.5 Å². The van der Waals surface area contributed by atoms with Gasteiger partial charge in [-0.25, -0.2) is 4.98 Å². The van der Waals surface area contributed by atoms with Gasteiger partial charge in [0, 0.05) is 22.4 Å². The van der Waals surface area contributed by atoms with Gasteiger partial charge in [0.25, 0.3) is 0 Å². The van der Waals surface area contributed by atoms with Crippen LogP contribution in [0.5, 0.6) is 11.5 Å². The number of ether oxygens (including phenoxy) is 2. The summed E-state index contributed by atoms with van der Waals surface area (Å²) in [5.41, 5.74) is 10.2. The molecule has 0 aliphatic carbocycles. The summed E-state index contributed by atoms with van der Waals surface area (Å²) in [6.07, 6.45) is 3.91. The number of imidazole rings is 1. The van der Waals surface area contributed by atoms with Crippen molar-refractivity contribution in [2.24, 2.45) is 0 Å². The molecule has 136 valence electrons. The van der Waals surface area contributed by atoms with Gasteiger partial charge in [0.15, 0.2) is 11.4 Å². The van der Waals surface area contributed by atoms with Gasteiger partial charge in [0.2, 0.25) is 0 Å². The van der Waals surface area contributed by atoms with E-state index in [2.05, 4.69) is 15.9 Å². The summed E-state index contributed by atoms with van der Waals surface area (Å²) in [5.74, 6) is 1.38. The van der Waals surface area contributed by atoms with E-state index in [4.69, 9.17) is 20.2 Å². The van der Waals surface area contributed by atoms with Crippen molar-refractivity contribution in [3.63, 3.8) is 0 Å². The van der Waals surface area contributed by atoms with Gasteiger partial charge in [-0.3, -0.25) is 0 Å². The van der Waals surface area contributed by atoms with E-state index in [1.165, 1.54) is 0 Å². The normalized spacial score (nSPS) is 10.9. The molecule has 0 aliphatic heterocycles. The first-order valence-electron chi connectivity index (χ1n) is 8.43. The molecule has 0 unspecified atom stereocenters. The van der Waals surface area contributed by atoms with E-state index >= 15 is 0 Å². The summed E-state index contributed by atoms with van der Waals surface area (Å²) in [6, 6.07) is 17.6. The van der Waals surface area contributed by atoms with Gasteiger partial charge in [-0.15, -0.1) is 0 Å². The van der Waals surface area contributed by atoms with Crippen LogP contribution in [0.25, 0.3) is 16.9 Å². The Kier molecular flexibility index (Phi) is 4.73. The SMILES string of the molecule is COc1ccc(-c2cn3cccc(OCc4ccc(Br)cc4)c3n2)cc1N. The summed E-state index contributed by atoms with van der Waals surface area (Å²) >= 11 is 3.44. The van der Waals surface area contributed by atoms with Crippen molar-refractivity contribution in [2.75, 3.05) is 12.8 Å². The number of methoxy groups -OCH3 is 1. The molecule has 0 saturated carbocycles. The Labute approximate surface area is 165 Å². The van der Waals surface area contributed by atoms with E-state index in [0.717, 1.165) is 32.7 Å². The van der Waals surface area contributed by atoms with Crippen LogP contribution in [0.3, 0.4) is 0 Å². The van der Waals surface area contributed by atoms with Crippen LogP contribution in [0.4, 0.5) is 5.69 Å². The van der Waals surface area contributed by atoms with Crippen molar-refractivity contribution < 1.29 is 9.47 Å². The third-order valence-corrected chi connectivity index (χ3v) is 4.81. The fraction of sp³-hybridized carbons (Fsp3) is 0.0952. The number of pyridine rings is 1. The average molecular weight is 424 g/mol. The highest BCUT2D eigenvalue weighted by Crippen LogP contribution is 2.30. The van der Waals surface area contributed by atoms with E-state index in [9.17, 15) is 0 Å². The maximum Gasteiger partial charge on any atom is 0.180 e. The lowest BCUT2D eigenvalue weighted by molar-refractivity contribution is 0.308. The van der Waals surface area contributed by atoms with Gasteiger partial charge in [-0.05, 0) is 48.0 Å². The number of benzene rings is 2. The van der Waals surface area contributed by atoms with Crippen LogP contribution < -0.4 is 15.2 Å². The fourth-order valence-electron chi connectivity index (χ4n) is 2.87. The maximum absolute atomic E-state index is 6.03. The molecule has 0 bridgehead atoms. The molecule has 2 heterocycles. The summed E-state index contributed by atoms with van der Waals surface area (Å²) in [4.78, 5) is 4.74. The number of hydrogen-bond donors (Lipinski definition) is 1. The monoisotopic (exact) mass is 423 g/mol. The standard InChI is InChI=1S/C21H18BrN3O2/c1-26-19-9-6-15(11-17(19)23)18-12-25-10-2-3-20(21(25)24-18)27-13-14-4-7-16(22)8-5-14/h2-12H,13,23H2,1H3. The third-order valence-electron chi connectivity index (χ3n) is 4.28. The molecular weight excluding hydrogens is 406 g/mol. The zero-order valence-electron chi connectivity index (χ0n) is 14.7. The first-order valence-corrected chi connectivity index (χ1v) is 9.22. The third kappa shape index (κ3) is 3.61. The Morgan fingerprint density at radius 2 is 1.89 bits per heavy atom. The van der Waals surface area contributed by atoms with Gasteiger partial charge in [-0.1, -0.05) is 28.1 Å². The van der Waals surface area contributed by atoms with Gasteiger partial charge >= 0.3 is 0 Å². The molecule has 4 aromatic rings. The zero-order valence-corrected chi connectivity index (χ0v) is 16.3. The second-order valence-corrected chi connectivity index (χ2v) is 7.02. The predicted octanol–water partition coefficient (Wildman–Crippen LogP) is 4.93. The highest BCUT2D eigenvalue weighted by Gasteiger charge is 2.11. The number of nitrogen functional groups attached to an aromatic ring is 1. The molecule has 27 heavy (non-hydrogen) atoms. The number of nitrogens with zero attached hydrogens (tertiary/aromatic N) is 2. The topological polar surface area (TPSA) is 61.8 Å². The first-order chi connectivity index (χ1) is 13.1. The van der Waals surface area contributed by atoms with Crippen molar-refractivity contribution in [1.82, 2.24) is 9.38 Å². The Hall–Kier alpha value is -2.99. The van der Waals surface area contributed by atoms with Crippen LogP contribution in [0.2, 0.25) is 0 Å². The van der Waals surface area contributed by atoms with Crippen LogP contribution in [0, 0.1) is 0 Å². The molecule has 0 amide bonds. The average Bonchev–Trinajstić information content (AvgIpc) is 3.12. The predicted molar refractivity (Wildman–Crippen MR) is 110 cm³/mol. The summed E-state index contributed by atoms with van der Waals surface area (Å²) in [6.45, 7) is 0.477. The van der Waals surface area contributed by atoms with Gasteiger partial charge in [-0.2, -0.15) is 0 Å². The van der Waals surface area contributed by atoms with E-state index in [1.807, 2.05) is 71.4 Å². The number of fused-ring (bicyclic) bond motifs is 1. The minimum Gasteiger partial charge on any atom is -0.495 e. The Bertz CT molecular complexity index is 1090. The second kappa shape index (κ2) is 7.32. The minimum atomic E-state index is 0.477. The van der Waals surface area contributed by atoms with Crippen molar-refractivity contribution >= 4 is 27.3 Å². The van der Waals surface area contributed by atoms with Crippen molar-refractivity contribution in [1.29, 1.82) is 0 Å². The van der Waals surface area contributed by atoms with Crippen molar-refractivity contribution in [3.05, 3.63) is 77.0 Å². The number of hydrogen-bond acceptors (Lipinski definition) is 4. The van der Waals surface area contributed by atoms with Crippen LogP contribution in [0.15, 0.2) is 71.5 Å². The molecule has 2 aromatic carbocycles. The quantitative estimate of drug-likeness (QED) is 0.462. The summed E-state index contributed by atoms with van der Waals surface area (Å²) < 4.78 is 14.2. The van der Waals surface area contributed by atoms with E-state index in [1.54, 1.807) is 7.11 Å². The number of anilines is 1. The molecule has 5 nitrogen and oxygen atoms in total. The molecule has 0 saturated heterocycles. The van der Waals surface area contributed by atoms with Crippen molar-refractivity contribution in [3.8, 4) is 22.8 Å². The molecule has 4 rings (SSSR count). The number of rotatable bonds is 5. The lowest BCUT2D eigenvalue weighted by Crippen LogP contribution is -1.97. The minimum absolute atomic E-state index is 0.477. The lowest BCUT2D eigenvalue weighted by Gasteiger charge is -2.07. The molecular formula is C21H18BrN3O2. The summed E-state index contributed by atoms with van der Waals surface area (Å²) in [7, 11) is 1.60. The van der Waals surface area contributed by atoms with E-state index < -0.39 is 0 Å². The Morgan fingerprint density at radius 1 is 1.07 bits per heavy atom. The number of halogens is 1. The fourth-order valence-corrected chi connectivity index (χ4v) is 3.14. The molecule has 2 N–H and O–H groups in total. The first kappa shape index (κ1) is 17.4. The van der Waals surface area contributed by atoms with Crippen LogP contribution in [-0.2, 0) is 6.61 Å². The smallest absolute Gasteiger partial charge is 0.180 e. The van der Waals surface area contributed by atoms with Crippen LogP contribution in [-0.4, -0.2) is 16.5 Å². The molecule has 0 radical (unpaired) electrons. The summed E-state index contributed by atoms with van der Waals surface area (Å²) in [5, 5.41) is 0. The van der Waals surface area contributed by atoms with E-state index in [-0.39, 0.29) is 0 Å². The second-order valence-electron chi connectivity index (χ2n) is 6.10. The van der Waals surface area contributed by atoms with Crippen molar-refractivity contribution in [2.45, 2.75) is 6.61 Å². The van der Waals surface area contributed by atoms with Gasteiger partial charge in [0.1, 0.15) is 12.4 Å². The maximum atomic E-state index is 6.03. The van der Waals surface area contributed by atoms with Crippen LogP contribution >= 0.6 is 15.9 Å². The molecule has 0 spiro atoms. The number of aromatic nitrogens is 2. The van der Waals surface area contributed by atoms with Crippen LogP contribution in [0.1, 0.15) is 5.56 Å². The van der Waals surface area contributed by atoms with Gasteiger partial charge < -0.3 is 19.6 Å². The number of nitrogens with two attached hydrogens (primary N) is 1. The van der Waals surface area contributed by atoms with E-state index in [0.29, 0.717) is 18.0 Å². The largest absolute Gasteiger partial charge is 0.495 e. The Morgan fingerprint density at radius 3 is 2.63 bits per heavy atom. The molecule has 0 fully saturated rings. The Balaban J connectivity index is 1.63. The highest BCUT2D eigenvalue weighted by atomic mass is 79.9. The molecule has 0 atom stereocenters. The zero-order chi connectivity index (χ0) is 18.8. The lowest BCUT2D eigenvalue weighted by atomic mass is 10.1. The highest BCUT2D eigenvalue weighted by molar-refractivity contribution is 9.10. The molecule has 6 heteroatoms. The molecule has 0 aliphatic rings.